The van der Waals surface area contributed by atoms with E-state index in [0.717, 1.165) is 22.7 Å². The van der Waals surface area contributed by atoms with E-state index in [0.29, 0.717) is 13.2 Å². The lowest BCUT2D eigenvalue weighted by atomic mass is 9.85. The fourth-order valence-corrected chi connectivity index (χ4v) is 2.88. The molecule has 1 fully saturated rings. The normalized spacial score (nSPS) is 26.3. The number of nitrogens with zero attached hydrogens (tertiary/aromatic N) is 1. The van der Waals surface area contributed by atoms with Crippen LogP contribution in [0.3, 0.4) is 0 Å². The highest BCUT2D eigenvalue weighted by molar-refractivity contribution is 7.10. The van der Waals surface area contributed by atoms with Crippen molar-refractivity contribution in [2.45, 2.75) is 12.8 Å². The summed E-state index contributed by atoms with van der Waals surface area (Å²) in [5, 5.41) is 11.9. The molecule has 4 heteroatoms. The Kier molecular flexibility index (Phi) is 2.78. The van der Waals surface area contributed by atoms with Gasteiger partial charge in [0, 0.05) is 17.9 Å². The fourth-order valence-electron chi connectivity index (χ4n) is 1.63. The maximum Gasteiger partial charge on any atom is 0.0877 e. The Labute approximate surface area is 92.1 Å². The Morgan fingerprint density at radius 3 is 3.07 bits per heavy atom. The lowest BCUT2D eigenvalue weighted by Gasteiger charge is -2.16. The monoisotopic (exact) mass is 227 g/mol. The van der Waals surface area contributed by atoms with Crippen molar-refractivity contribution in [3.63, 3.8) is 0 Å². The number of thiophene rings is 1. The number of hydrogen-bond acceptors (Lipinski definition) is 3. The van der Waals surface area contributed by atoms with Crippen molar-refractivity contribution in [3.8, 4) is 6.07 Å². The highest BCUT2D eigenvalue weighted by Crippen LogP contribution is 2.35. The van der Waals surface area contributed by atoms with Crippen molar-refractivity contribution in [1.82, 2.24) is 0 Å². The summed E-state index contributed by atoms with van der Waals surface area (Å²) >= 11 is 7.61. The van der Waals surface area contributed by atoms with Gasteiger partial charge in [-0.3, -0.25) is 0 Å². The van der Waals surface area contributed by atoms with Gasteiger partial charge < -0.3 is 4.74 Å². The Hall–Kier alpha value is -0.560. The van der Waals surface area contributed by atoms with Crippen LogP contribution in [0, 0.1) is 16.7 Å². The molecule has 0 N–H and O–H groups in total. The van der Waals surface area contributed by atoms with E-state index in [1.54, 1.807) is 11.3 Å². The molecule has 0 aliphatic carbocycles. The maximum absolute atomic E-state index is 9.14. The second-order valence-corrected chi connectivity index (χ2v) is 4.97. The summed E-state index contributed by atoms with van der Waals surface area (Å²) < 4.78 is 5.28. The molecule has 1 atom stereocenters. The second kappa shape index (κ2) is 3.90. The standard InChI is InChI=1S/C10H10ClNOS/c11-8-1-4-14-9(8)5-10(6-12)2-3-13-7-10/h1,4H,2-3,5,7H2. The first kappa shape index (κ1) is 9.97. The van der Waals surface area contributed by atoms with Crippen molar-refractivity contribution in [2.75, 3.05) is 13.2 Å². The van der Waals surface area contributed by atoms with Crippen LogP contribution >= 0.6 is 22.9 Å². The van der Waals surface area contributed by atoms with E-state index in [-0.39, 0.29) is 5.41 Å². The Balaban J connectivity index is 2.17. The van der Waals surface area contributed by atoms with E-state index in [4.69, 9.17) is 21.6 Å². The molecular formula is C10H10ClNOS. The van der Waals surface area contributed by atoms with Crippen LogP contribution in [0.15, 0.2) is 11.4 Å². The number of ether oxygens (including phenoxy) is 1. The highest BCUT2D eigenvalue weighted by atomic mass is 35.5. The first-order valence-corrected chi connectivity index (χ1v) is 5.72. The summed E-state index contributed by atoms with van der Waals surface area (Å²) in [6, 6.07) is 4.24. The average Bonchev–Trinajstić information content (AvgIpc) is 2.79. The maximum atomic E-state index is 9.14. The molecule has 2 rings (SSSR count). The molecule has 0 saturated carbocycles. The van der Waals surface area contributed by atoms with Crippen molar-refractivity contribution in [2.24, 2.45) is 5.41 Å². The minimum Gasteiger partial charge on any atom is -0.380 e. The van der Waals surface area contributed by atoms with Gasteiger partial charge in [-0.15, -0.1) is 11.3 Å². The molecule has 14 heavy (non-hydrogen) atoms. The molecule has 1 aromatic heterocycles. The van der Waals surface area contributed by atoms with E-state index >= 15 is 0 Å². The molecule has 1 aromatic rings. The lowest BCUT2D eigenvalue weighted by molar-refractivity contribution is 0.172. The third-order valence-corrected chi connectivity index (χ3v) is 3.92. The highest BCUT2D eigenvalue weighted by Gasteiger charge is 2.36. The number of hydrogen-bond donors (Lipinski definition) is 0. The smallest absolute Gasteiger partial charge is 0.0877 e. The molecule has 2 nitrogen and oxygen atoms in total. The molecule has 0 bridgehead atoms. The zero-order valence-electron chi connectivity index (χ0n) is 7.62. The third kappa shape index (κ3) is 1.78. The second-order valence-electron chi connectivity index (χ2n) is 3.56. The quantitative estimate of drug-likeness (QED) is 0.779. The molecule has 1 aliphatic rings. The minimum atomic E-state index is -0.339. The Bertz CT molecular complexity index is 362. The molecule has 0 amide bonds. The van der Waals surface area contributed by atoms with E-state index in [2.05, 4.69) is 6.07 Å². The van der Waals surface area contributed by atoms with Crippen LogP contribution in [-0.2, 0) is 11.2 Å². The molecule has 0 spiro atoms. The zero-order chi connectivity index (χ0) is 10.0. The van der Waals surface area contributed by atoms with Gasteiger partial charge in [0.1, 0.15) is 0 Å². The predicted octanol–water partition coefficient (Wildman–Crippen LogP) is 2.87. The number of rotatable bonds is 2. The summed E-state index contributed by atoms with van der Waals surface area (Å²) in [7, 11) is 0. The SMILES string of the molecule is N#CC1(Cc2sccc2Cl)CCOC1. The number of nitriles is 1. The van der Waals surface area contributed by atoms with Gasteiger partial charge in [-0.05, 0) is 17.9 Å². The van der Waals surface area contributed by atoms with Gasteiger partial charge in [-0.1, -0.05) is 11.6 Å². The van der Waals surface area contributed by atoms with Gasteiger partial charge in [0.2, 0.25) is 0 Å². The van der Waals surface area contributed by atoms with E-state index < -0.39 is 0 Å². The van der Waals surface area contributed by atoms with E-state index in [1.807, 2.05) is 11.4 Å². The van der Waals surface area contributed by atoms with Gasteiger partial charge in [0.15, 0.2) is 0 Å². The van der Waals surface area contributed by atoms with Crippen molar-refractivity contribution < 1.29 is 4.74 Å². The molecule has 1 aliphatic heterocycles. The van der Waals surface area contributed by atoms with E-state index in [1.165, 1.54) is 0 Å². The van der Waals surface area contributed by atoms with Crippen LogP contribution in [0.2, 0.25) is 5.02 Å². The number of halogens is 1. The Morgan fingerprint density at radius 1 is 1.71 bits per heavy atom. The first-order chi connectivity index (χ1) is 6.76. The molecule has 1 saturated heterocycles. The summed E-state index contributed by atoms with van der Waals surface area (Å²) in [4.78, 5) is 1.10. The molecule has 0 aromatic carbocycles. The van der Waals surface area contributed by atoms with Gasteiger partial charge in [-0.2, -0.15) is 5.26 Å². The van der Waals surface area contributed by atoms with Crippen molar-refractivity contribution in [3.05, 3.63) is 21.3 Å². The average molecular weight is 228 g/mol. The third-order valence-electron chi connectivity index (χ3n) is 2.53. The molecule has 74 valence electrons. The summed E-state index contributed by atoms with van der Waals surface area (Å²) in [5.41, 5.74) is -0.339. The van der Waals surface area contributed by atoms with Crippen molar-refractivity contribution >= 4 is 22.9 Å². The van der Waals surface area contributed by atoms with Crippen molar-refractivity contribution in [1.29, 1.82) is 5.26 Å². The van der Waals surface area contributed by atoms with Crippen LogP contribution in [0.1, 0.15) is 11.3 Å². The molecular weight excluding hydrogens is 218 g/mol. The van der Waals surface area contributed by atoms with Crippen LogP contribution in [-0.4, -0.2) is 13.2 Å². The van der Waals surface area contributed by atoms with Crippen LogP contribution in [0.4, 0.5) is 0 Å². The largest absolute Gasteiger partial charge is 0.380 e. The molecule has 0 radical (unpaired) electrons. The minimum absolute atomic E-state index is 0.339. The van der Waals surface area contributed by atoms with E-state index in [9.17, 15) is 0 Å². The van der Waals surface area contributed by atoms with Crippen LogP contribution in [0.5, 0.6) is 0 Å². The lowest BCUT2D eigenvalue weighted by Crippen LogP contribution is -2.21. The summed E-state index contributed by atoms with van der Waals surface area (Å²) in [6.45, 7) is 1.23. The van der Waals surface area contributed by atoms with Gasteiger partial charge in [0.05, 0.1) is 23.1 Å². The van der Waals surface area contributed by atoms with Gasteiger partial charge in [0.25, 0.3) is 0 Å². The van der Waals surface area contributed by atoms with Crippen LogP contribution < -0.4 is 0 Å². The van der Waals surface area contributed by atoms with Crippen LogP contribution in [0.25, 0.3) is 0 Å². The molecule has 1 unspecified atom stereocenters. The van der Waals surface area contributed by atoms with Gasteiger partial charge >= 0.3 is 0 Å². The Morgan fingerprint density at radius 2 is 2.57 bits per heavy atom. The van der Waals surface area contributed by atoms with Gasteiger partial charge in [-0.25, -0.2) is 0 Å². The fraction of sp³-hybridized carbons (Fsp3) is 0.500. The zero-order valence-corrected chi connectivity index (χ0v) is 9.20. The first-order valence-electron chi connectivity index (χ1n) is 4.47. The summed E-state index contributed by atoms with van der Waals surface area (Å²) in [5.74, 6) is 0. The topological polar surface area (TPSA) is 33.0 Å². The summed E-state index contributed by atoms with van der Waals surface area (Å²) in [6.07, 6.45) is 1.54. The predicted molar refractivity (Wildman–Crippen MR) is 56.5 cm³/mol. The molecule has 2 heterocycles.